The van der Waals surface area contributed by atoms with Gasteiger partial charge < -0.3 is 24.4 Å². The molecule has 1 spiro atoms. The minimum absolute atomic E-state index is 0.123. The number of piperidine rings is 1. The van der Waals surface area contributed by atoms with Gasteiger partial charge in [-0.2, -0.15) is 0 Å². The van der Waals surface area contributed by atoms with Crippen molar-refractivity contribution in [3.05, 3.63) is 83.3 Å². The van der Waals surface area contributed by atoms with Gasteiger partial charge in [0.05, 0.1) is 24.0 Å². The van der Waals surface area contributed by atoms with E-state index in [1.54, 1.807) is 7.11 Å². The average Bonchev–Trinajstić information content (AvgIpc) is 3.35. The van der Waals surface area contributed by atoms with E-state index < -0.39 is 0 Å². The highest BCUT2D eigenvalue weighted by Crippen LogP contribution is 2.44. The summed E-state index contributed by atoms with van der Waals surface area (Å²) in [7, 11) is 3.75. The zero-order valence-corrected chi connectivity index (χ0v) is 19.0. The van der Waals surface area contributed by atoms with E-state index in [1.807, 2.05) is 17.0 Å². The molecule has 1 amide bonds. The zero-order valence-electron chi connectivity index (χ0n) is 19.0. The minimum Gasteiger partial charge on any atom is -0.497 e. The van der Waals surface area contributed by atoms with Crippen LogP contribution in [-0.4, -0.2) is 47.5 Å². The maximum atomic E-state index is 13.4. The van der Waals surface area contributed by atoms with Crippen LogP contribution in [0.3, 0.4) is 0 Å². The van der Waals surface area contributed by atoms with Gasteiger partial charge in [0.15, 0.2) is 0 Å². The first-order valence-electron chi connectivity index (χ1n) is 11.5. The van der Waals surface area contributed by atoms with Crippen LogP contribution in [0.5, 0.6) is 5.75 Å². The van der Waals surface area contributed by atoms with Gasteiger partial charge in [-0.15, -0.1) is 0 Å². The average molecular weight is 441 g/mol. The summed E-state index contributed by atoms with van der Waals surface area (Å²) in [6, 6.07) is 16.6. The van der Waals surface area contributed by atoms with Gasteiger partial charge in [-0.1, -0.05) is 6.07 Å². The van der Waals surface area contributed by atoms with Gasteiger partial charge >= 0.3 is 0 Å². The fourth-order valence-electron chi connectivity index (χ4n) is 5.48. The number of rotatable bonds is 2. The van der Waals surface area contributed by atoms with Gasteiger partial charge in [0.1, 0.15) is 5.75 Å². The number of benzene rings is 2. The monoisotopic (exact) mass is 440 g/mol. The van der Waals surface area contributed by atoms with Crippen molar-refractivity contribution in [3.8, 4) is 11.4 Å². The van der Waals surface area contributed by atoms with Crippen molar-refractivity contribution < 1.29 is 9.53 Å². The lowest BCUT2D eigenvalue weighted by molar-refractivity contribution is 0.0676. The van der Waals surface area contributed by atoms with E-state index in [0.29, 0.717) is 13.1 Å². The molecule has 0 atom stereocenters. The second-order valence-electron chi connectivity index (χ2n) is 9.29. The largest absolute Gasteiger partial charge is 0.497 e. The molecular formula is C27H28N4O2. The number of nitrogens with zero attached hydrogens (tertiary/aromatic N) is 3. The summed E-state index contributed by atoms with van der Waals surface area (Å²) in [5.41, 5.74) is 6.46. The van der Waals surface area contributed by atoms with Gasteiger partial charge in [0.25, 0.3) is 5.91 Å². The van der Waals surface area contributed by atoms with E-state index in [2.05, 4.69) is 76.7 Å². The third kappa shape index (κ3) is 3.20. The van der Waals surface area contributed by atoms with Crippen molar-refractivity contribution in [2.24, 2.45) is 0 Å². The molecule has 2 aromatic carbocycles. The summed E-state index contributed by atoms with van der Waals surface area (Å²) in [6.07, 6.45) is 8.02. The van der Waals surface area contributed by atoms with E-state index in [1.165, 1.54) is 16.8 Å². The molecule has 168 valence electrons. The summed E-state index contributed by atoms with van der Waals surface area (Å²) < 4.78 is 7.73. The Morgan fingerprint density at radius 2 is 1.94 bits per heavy atom. The predicted octanol–water partition coefficient (Wildman–Crippen LogP) is 4.46. The van der Waals surface area contributed by atoms with Crippen LogP contribution in [-0.2, 0) is 12.1 Å². The van der Waals surface area contributed by atoms with Crippen molar-refractivity contribution in [2.75, 3.05) is 32.6 Å². The van der Waals surface area contributed by atoms with Crippen LogP contribution in [0.4, 0.5) is 5.69 Å². The van der Waals surface area contributed by atoms with E-state index in [-0.39, 0.29) is 11.4 Å². The lowest BCUT2D eigenvalue weighted by atomic mass is 9.82. The molecule has 1 N–H and O–H groups in total. The highest BCUT2D eigenvalue weighted by Gasteiger charge is 2.42. The van der Waals surface area contributed by atoms with Crippen LogP contribution < -0.4 is 10.1 Å². The van der Waals surface area contributed by atoms with Gasteiger partial charge in [-0.05, 0) is 72.6 Å². The molecule has 0 unspecified atom stereocenters. The first-order chi connectivity index (χ1) is 16.1. The molecule has 3 aliphatic heterocycles. The maximum absolute atomic E-state index is 13.4. The topological polar surface area (TPSA) is 49.7 Å². The fourth-order valence-corrected chi connectivity index (χ4v) is 5.48. The van der Waals surface area contributed by atoms with Crippen LogP contribution in [0.1, 0.15) is 40.0 Å². The molecule has 0 bridgehead atoms. The Balaban J connectivity index is 1.24. The minimum atomic E-state index is -0.191. The second-order valence-corrected chi connectivity index (χ2v) is 9.29. The number of hydrogen-bond donors (Lipinski definition) is 1. The number of hydrogen-bond acceptors (Lipinski definition) is 4. The molecule has 6 rings (SSSR count). The quantitative estimate of drug-likeness (QED) is 0.639. The van der Waals surface area contributed by atoms with Crippen molar-refractivity contribution in [2.45, 2.75) is 24.9 Å². The molecule has 1 saturated heterocycles. The van der Waals surface area contributed by atoms with Crippen molar-refractivity contribution in [1.82, 2.24) is 14.4 Å². The van der Waals surface area contributed by atoms with Crippen LogP contribution in [0.25, 0.3) is 11.8 Å². The normalized spacial score (nSPS) is 17.8. The number of likely N-dealkylation sites (tertiary alicyclic amines) is 1. The first kappa shape index (κ1) is 20.0. The Morgan fingerprint density at radius 1 is 1.09 bits per heavy atom. The highest BCUT2D eigenvalue weighted by molar-refractivity contribution is 5.95. The SMILES string of the molecule is COc1ccc2c(c1)NC1(CCN(C(=O)c3ccc4c(c3)CN(C)C=C4)CC1)c1cccn1-2. The predicted molar refractivity (Wildman–Crippen MR) is 130 cm³/mol. The highest BCUT2D eigenvalue weighted by atomic mass is 16.5. The molecule has 1 aromatic heterocycles. The van der Waals surface area contributed by atoms with Crippen molar-refractivity contribution in [3.63, 3.8) is 0 Å². The molecule has 0 radical (unpaired) electrons. The third-order valence-electron chi connectivity index (χ3n) is 7.30. The lowest BCUT2D eigenvalue weighted by Gasteiger charge is -2.46. The number of nitrogens with one attached hydrogen (secondary N) is 1. The molecule has 4 heterocycles. The molecule has 1 fully saturated rings. The zero-order chi connectivity index (χ0) is 22.6. The van der Waals surface area contributed by atoms with Gasteiger partial charge in [0, 0.05) is 50.2 Å². The standard InChI is InChI=1S/C27H28N4O2/c1-29-13-9-19-5-6-20(16-21(19)18-29)26(32)30-14-10-27(11-15-30)25-4-3-12-31(25)24-8-7-22(33-2)17-23(24)28-27/h3-9,12-13,16-17,28H,10-11,14-15,18H2,1-2H3. The Bertz CT molecular complexity index is 1270. The molecule has 3 aromatic rings. The molecule has 0 aliphatic carbocycles. The molecule has 3 aliphatic rings. The van der Waals surface area contributed by atoms with Gasteiger partial charge in [-0.3, -0.25) is 4.79 Å². The lowest BCUT2D eigenvalue weighted by Crippen LogP contribution is -2.51. The van der Waals surface area contributed by atoms with E-state index in [0.717, 1.165) is 42.1 Å². The van der Waals surface area contributed by atoms with Gasteiger partial charge in [0.2, 0.25) is 0 Å². The van der Waals surface area contributed by atoms with Crippen LogP contribution >= 0.6 is 0 Å². The Kier molecular flexibility index (Phi) is 4.50. The van der Waals surface area contributed by atoms with Crippen LogP contribution in [0, 0.1) is 0 Å². The third-order valence-corrected chi connectivity index (χ3v) is 7.30. The van der Waals surface area contributed by atoms with Crippen molar-refractivity contribution in [1.29, 1.82) is 0 Å². The maximum Gasteiger partial charge on any atom is 0.253 e. The Hall–Kier alpha value is -3.67. The van der Waals surface area contributed by atoms with Gasteiger partial charge in [-0.25, -0.2) is 0 Å². The fraction of sp³-hybridized carbons (Fsp3) is 0.296. The molecule has 6 heteroatoms. The van der Waals surface area contributed by atoms with Crippen molar-refractivity contribution >= 4 is 17.7 Å². The molecular weight excluding hydrogens is 412 g/mol. The Morgan fingerprint density at radius 3 is 2.76 bits per heavy atom. The van der Waals surface area contributed by atoms with Crippen LogP contribution in [0.2, 0.25) is 0 Å². The number of aromatic nitrogens is 1. The molecule has 0 saturated carbocycles. The number of fused-ring (bicyclic) bond motifs is 5. The summed E-state index contributed by atoms with van der Waals surface area (Å²) in [4.78, 5) is 17.5. The number of amides is 1. The molecule has 6 nitrogen and oxygen atoms in total. The molecule has 33 heavy (non-hydrogen) atoms. The van der Waals surface area contributed by atoms with E-state index in [4.69, 9.17) is 4.74 Å². The number of methoxy groups -OCH3 is 1. The first-order valence-corrected chi connectivity index (χ1v) is 11.5. The van der Waals surface area contributed by atoms with Crippen LogP contribution in [0.15, 0.2) is 60.9 Å². The summed E-state index contributed by atoms with van der Waals surface area (Å²) in [6.45, 7) is 2.26. The Labute approximate surface area is 194 Å². The smallest absolute Gasteiger partial charge is 0.253 e. The number of carbonyl (C=O) groups excluding carboxylic acids is 1. The number of anilines is 1. The van der Waals surface area contributed by atoms with E-state index in [9.17, 15) is 4.79 Å². The number of ether oxygens (including phenoxy) is 1. The second kappa shape index (κ2) is 7.44. The number of carbonyl (C=O) groups is 1. The van der Waals surface area contributed by atoms with E-state index >= 15 is 0 Å². The summed E-state index contributed by atoms with van der Waals surface area (Å²) in [5, 5.41) is 3.82. The summed E-state index contributed by atoms with van der Waals surface area (Å²) in [5.74, 6) is 0.964. The summed E-state index contributed by atoms with van der Waals surface area (Å²) >= 11 is 0.